The van der Waals surface area contributed by atoms with Crippen LogP contribution in [0.15, 0.2) is 10.7 Å². The van der Waals surface area contributed by atoms with Crippen molar-refractivity contribution in [3.63, 3.8) is 0 Å². The van der Waals surface area contributed by atoms with Crippen LogP contribution < -0.4 is 5.32 Å². The molecule has 1 heterocycles. The molecule has 0 amide bonds. The Bertz CT molecular complexity index is 383. The van der Waals surface area contributed by atoms with Gasteiger partial charge in [0.15, 0.2) is 0 Å². The van der Waals surface area contributed by atoms with Crippen LogP contribution >= 0.6 is 15.9 Å². The molecule has 1 saturated carbocycles. The van der Waals surface area contributed by atoms with Crippen molar-refractivity contribution in [3.8, 4) is 0 Å². The average molecular weight is 298 g/mol. The summed E-state index contributed by atoms with van der Waals surface area (Å²) in [5.74, 6) is 1.74. The Morgan fingerprint density at radius 3 is 2.82 bits per heavy atom. The highest BCUT2D eigenvalue weighted by Crippen LogP contribution is 2.36. The number of aryl methyl sites for hydroxylation is 1. The van der Waals surface area contributed by atoms with Crippen molar-refractivity contribution < 1.29 is 0 Å². The van der Waals surface area contributed by atoms with Gasteiger partial charge in [-0.3, -0.25) is 0 Å². The second-order valence-electron chi connectivity index (χ2n) is 5.72. The van der Waals surface area contributed by atoms with Crippen LogP contribution in [0.25, 0.3) is 0 Å². The normalized spacial score (nSPS) is 23.4. The number of rotatable bonds is 2. The summed E-state index contributed by atoms with van der Waals surface area (Å²) in [6, 6.07) is 2.49. The van der Waals surface area contributed by atoms with Crippen LogP contribution in [0.3, 0.4) is 0 Å². The predicted octanol–water partition coefficient (Wildman–Crippen LogP) is 3.93. The Balaban J connectivity index is 2.05. The largest absolute Gasteiger partial charge is 0.367 e. The van der Waals surface area contributed by atoms with Crippen LogP contribution in [0.5, 0.6) is 0 Å². The first kappa shape index (κ1) is 12.8. The third-order valence-electron chi connectivity index (χ3n) is 3.36. The maximum absolute atomic E-state index is 4.42. The van der Waals surface area contributed by atoms with Crippen molar-refractivity contribution in [3.05, 3.63) is 16.5 Å². The van der Waals surface area contributed by atoms with E-state index in [9.17, 15) is 0 Å². The summed E-state index contributed by atoms with van der Waals surface area (Å²) < 4.78 is 0.850. The molecule has 3 nitrogen and oxygen atoms in total. The number of hydrogen-bond acceptors (Lipinski definition) is 3. The molecule has 1 N–H and O–H groups in total. The van der Waals surface area contributed by atoms with Crippen LogP contribution in [0.2, 0.25) is 0 Å². The second kappa shape index (κ2) is 4.92. The van der Waals surface area contributed by atoms with Crippen LogP contribution in [0.1, 0.15) is 45.4 Å². The van der Waals surface area contributed by atoms with Gasteiger partial charge in [-0.05, 0) is 47.5 Å². The van der Waals surface area contributed by atoms with E-state index in [1.54, 1.807) is 0 Å². The first-order chi connectivity index (χ1) is 7.94. The first-order valence-electron chi connectivity index (χ1n) is 6.22. The highest BCUT2D eigenvalue weighted by Gasteiger charge is 2.27. The Morgan fingerprint density at radius 1 is 1.41 bits per heavy atom. The van der Waals surface area contributed by atoms with Gasteiger partial charge in [-0.25, -0.2) is 9.97 Å². The summed E-state index contributed by atoms with van der Waals surface area (Å²) in [5, 5.41) is 3.54. The molecule has 1 aromatic heterocycles. The first-order valence-corrected chi connectivity index (χ1v) is 7.02. The number of nitrogens with one attached hydrogen (secondary N) is 1. The Hall–Kier alpha value is -0.640. The SMILES string of the molecule is Cc1nc(Br)cc(NC2CCCC(C)(C)C2)n1. The lowest BCUT2D eigenvalue weighted by molar-refractivity contribution is 0.229. The molecule has 1 unspecified atom stereocenters. The van der Waals surface area contributed by atoms with Crippen LogP contribution in [-0.2, 0) is 0 Å². The Morgan fingerprint density at radius 2 is 2.18 bits per heavy atom. The zero-order valence-corrected chi connectivity index (χ0v) is 12.3. The monoisotopic (exact) mass is 297 g/mol. The van der Waals surface area contributed by atoms with Gasteiger partial charge in [-0.2, -0.15) is 0 Å². The fourth-order valence-corrected chi connectivity index (χ4v) is 3.11. The maximum Gasteiger partial charge on any atom is 0.131 e. The molecule has 1 fully saturated rings. The van der Waals surface area contributed by atoms with E-state index in [-0.39, 0.29) is 0 Å². The van der Waals surface area contributed by atoms with E-state index in [0.29, 0.717) is 11.5 Å². The number of nitrogens with zero attached hydrogens (tertiary/aromatic N) is 2. The molecule has 17 heavy (non-hydrogen) atoms. The van der Waals surface area contributed by atoms with Crippen LogP contribution in [0.4, 0.5) is 5.82 Å². The third kappa shape index (κ3) is 3.66. The van der Waals surface area contributed by atoms with Crippen molar-refractivity contribution in [2.45, 2.75) is 52.5 Å². The quantitative estimate of drug-likeness (QED) is 0.841. The lowest BCUT2D eigenvalue weighted by Crippen LogP contribution is -2.32. The summed E-state index contributed by atoms with van der Waals surface area (Å²) >= 11 is 3.41. The fourth-order valence-electron chi connectivity index (χ4n) is 2.64. The van der Waals surface area contributed by atoms with E-state index >= 15 is 0 Å². The van der Waals surface area contributed by atoms with Crippen molar-refractivity contribution in [2.75, 3.05) is 5.32 Å². The fraction of sp³-hybridized carbons (Fsp3) is 0.692. The minimum atomic E-state index is 0.454. The zero-order valence-electron chi connectivity index (χ0n) is 10.8. The molecule has 0 radical (unpaired) electrons. The number of aromatic nitrogens is 2. The van der Waals surface area contributed by atoms with E-state index in [4.69, 9.17) is 0 Å². The summed E-state index contributed by atoms with van der Waals surface area (Å²) in [6.45, 7) is 6.62. The van der Waals surface area contributed by atoms with Gasteiger partial charge in [0.2, 0.25) is 0 Å². The summed E-state index contributed by atoms with van der Waals surface area (Å²) in [4.78, 5) is 8.65. The van der Waals surface area contributed by atoms with Gasteiger partial charge in [-0.15, -0.1) is 0 Å². The van der Waals surface area contributed by atoms with Crippen molar-refractivity contribution in [2.24, 2.45) is 5.41 Å². The summed E-state index contributed by atoms with van der Waals surface area (Å²) in [7, 11) is 0. The molecule has 0 spiro atoms. The summed E-state index contributed by atoms with van der Waals surface area (Å²) in [5.41, 5.74) is 0.454. The molecular formula is C13H20BrN3. The minimum Gasteiger partial charge on any atom is -0.367 e. The van der Waals surface area contributed by atoms with Crippen molar-refractivity contribution in [1.29, 1.82) is 0 Å². The molecule has 2 rings (SSSR count). The maximum atomic E-state index is 4.42. The lowest BCUT2D eigenvalue weighted by Gasteiger charge is -2.35. The van der Waals surface area contributed by atoms with E-state index in [0.717, 1.165) is 16.2 Å². The smallest absolute Gasteiger partial charge is 0.131 e. The van der Waals surface area contributed by atoms with Gasteiger partial charge < -0.3 is 5.32 Å². The molecule has 1 aliphatic carbocycles. The van der Waals surface area contributed by atoms with Gasteiger partial charge in [0, 0.05) is 12.1 Å². The van der Waals surface area contributed by atoms with Gasteiger partial charge in [0.1, 0.15) is 16.2 Å². The molecule has 4 heteroatoms. The number of halogens is 1. The molecule has 1 aliphatic rings. The van der Waals surface area contributed by atoms with Gasteiger partial charge >= 0.3 is 0 Å². The topological polar surface area (TPSA) is 37.8 Å². The number of hydrogen-bond donors (Lipinski definition) is 1. The van der Waals surface area contributed by atoms with Gasteiger partial charge in [0.25, 0.3) is 0 Å². The van der Waals surface area contributed by atoms with E-state index in [1.807, 2.05) is 13.0 Å². The highest BCUT2D eigenvalue weighted by molar-refractivity contribution is 9.10. The van der Waals surface area contributed by atoms with E-state index < -0.39 is 0 Å². The predicted molar refractivity (Wildman–Crippen MR) is 74.1 cm³/mol. The molecule has 0 saturated heterocycles. The second-order valence-corrected chi connectivity index (χ2v) is 6.54. The van der Waals surface area contributed by atoms with Crippen molar-refractivity contribution >= 4 is 21.7 Å². The average Bonchev–Trinajstić information content (AvgIpc) is 2.13. The minimum absolute atomic E-state index is 0.454. The molecule has 0 aromatic carbocycles. The Labute approximate surface area is 112 Å². The lowest BCUT2D eigenvalue weighted by atomic mass is 9.75. The number of anilines is 1. The Kier molecular flexibility index (Phi) is 3.71. The van der Waals surface area contributed by atoms with Gasteiger partial charge in [-0.1, -0.05) is 20.3 Å². The standard InChI is InChI=1S/C13H20BrN3/c1-9-15-11(14)7-12(16-9)17-10-5-4-6-13(2,3)8-10/h7,10H,4-6,8H2,1-3H3,(H,15,16,17). The highest BCUT2D eigenvalue weighted by atomic mass is 79.9. The summed E-state index contributed by atoms with van der Waals surface area (Å²) in [6.07, 6.45) is 5.09. The van der Waals surface area contributed by atoms with Crippen molar-refractivity contribution in [1.82, 2.24) is 9.97 Å². The van der Waals surface area contributed by atoms with Gasteiger partial charge in [0.05, 0.1) is 0 Å². The van der Waals surface area contributed by atoms with Crippen LogP contribution in [-0.4, -0.2) is 16.0 Å². The third-order valence-corrected chi connectivity index (χ3v) is 3.77. The van der Waals surface area contributed by atoms with Crippen LogP contribution in [0, 0.1) is 12.3 Å². The molecule has 0 bridgehead atoms. The van der Waals surface area contributed by atoms with E-state index in [1.165, 1.54) is 25.7 Å². The molecular weight excluding hydrogens is 278 g/mol. The molecule has 0 aliphatic heterocycles. The van der Waals surface area contributed by atoms with E-state index in [2.05, 4.69) is 45.1 Å². The zero-order chi connectivity index (χ0) is 12.5. The molecule has 94 valence electrons. The molecule has 1 atom stereocenters. The molecule has 1 aromatic rings.